The van der Waals surface area contributed by atoms with Crippen LogP contribution in [0.3, 0.4) is 0 Å². The zero-order valence-corrected chi connectivity index (χ0v) is 28.0. The highest BCUT2D eigenvalue weighted by Gasteiger charge is 2.23. The summed E-state index contributed by atoms with van der Waals surface area (Å²) in [5, 5.41) is 7.92. The van der Waals surface area contributed by atoms with Crippen LogP contribution in [-0.4, -0.2) is 30.2 Å². The minimum absolute atomic E-state index is 0.148. The molecule has 7 nitrogen and oxygen atoms in total. The summed E-state index contributed by atoms with van der Waals surface area (Å²) in [5.74, 6) is -0.693. The summed E-state index contributed by atoms with van der Waals surface area (Å²) >= 11 is 19.6. The highest BCUT2D eigenvalue weighted by Crippen LogP contribution is 2.39. The molecule has 0 aliphatic heterocycles. The third-order valence-electron chi connectivity index (χ3n) is 7.05. The number of aromatic amines is 1. The summed E-state index contributed by atoms with van der Waals surface area (Å²) in [6, 6.07) is 27.3. The molecular weight excluding hydrogens is 745 g/mol. The Labute approximate surface area is 284 Å². The Bertz CT molecular complexity index is 2160. The number of fused-ring (bicyclic) bond motifs is 3. The molecule has 0 fully saturated rings. The molecule has 6 aromatic rings. The van der Waals surface area contributed by atoms with Crippen LogP contribution in [0.4, 0.5) is 0 Å². The highest BCUT2D eigenvalue weighted by molar-refractivity contribution is 9.11. The number of aromatic nitrogens is 1. The Hall–Kier alpha value is -4.15. The van der Waals surface area contributed by atoms with Gasteiger partial charge in [0.2, 0.25) is 0 Å². The fourth-order valence-electron chi connectivity index (χ4n) is 5.04. The molecule has 0 saturated carbocycles. The lowest BCUT2D eigenvalue weighted by Gasteiger charge is -2.12. The first kappa shape index (κ1) is 30.9. The molecule has 45 heavy (non-hydrogen) atoms. The van der Waals surface area contributed by atoms with Crippen molar-refractivity contribution >= 4 is 94.8 Å². The third kappa shape index (κ3) is 6.21. The molecule has 5 aromatic carbocycles. The summed E-state index contributed by atoms with van der Waals surface area (Å²) in [6.45, 7) is 0. The summed E-state index contributed by atoms with van der Waals surface area (Å²) < 4.78 is 12.2. The second kappa shape index (κ2) is 13.1. The van der Waals surface area contributed by atoms with E-state index in [0.29, 0.717) is 47.1 Å². The van der Waals surface area contributed by atoms with E-state index in [1.165, 1.54) is 19.4 Å². The molecule has 0 atom stereocenters. The highest BCUT2D eigenvalue weighted by atomic mass is 79.9. The second-order valence-electron chi connectivity index (χ2n) is 9.80. The van der Waals surface area contributed by atoms with E-state index in [1.807, 2.05) is 54.6 Å². The van der Waals surface area contributed by atoms with Gasteiger partial charge >= 0.3 is 5.97 Å². The Morgan fingerprint density at radius 3 is 2.49 bits per heavy atom. The van der Waals surface area contributed by atoms with Crippen molar-refractivity contribution in [3.63, 3.8) is 0 Å². The zero-order chi connectivity index (χ0) is 31.7. The van der Waals surface area contributed by atoms with Crippen LogP contribution in [0.2, 0.25) is 10.0 Å². The number of H-pyrrole nitrogens is 1. The van der Waals surface area contributed by atoms with Crippen molar-refractivity contribution in [3.8, 4) is 22.6 Å². The maximum atomic E-state index is 13.7. The number of amides is 1. The minimum atomic E-state index is -0.689. The van der Waals surface area contributed by atoms with Gasteiger partial charge in [-0.1, -0.05) is 93.7 Å². The lowest BCUT2D eigenvalue weighted by molar-refractivity contribution is 0.0729. The predicted molar refractivity (Wildman–Crippen MR) is 186 cm³/mol. The van der Waals surface area contributed by atoms with Gasteiger partial charge in [-0.25, -0.2) is 10.2 Å². The number of nitrogens with zero attached hydrogens (tertiary/aromatic N) is 1. The lowest BCUT2D eigenvalue weighted by Crippen LogP contribution is -2.19. The largest absolute Gasteiger partial charge is 0.496 e. The first-order valence-corrected chi connectivity index (χ1v) is 15.8. The topological polar surface area (TPSA) is 92.8 Å². The van der Waals surface area contributed by atoms with E-state index in [9.17, 15) is 9.59 Å². The number of benzene rings is 5. The van der Waals surface area contributed by atoms with Crippen LogP contribution in [0, 0.1) is 0 Å². The number of rotatable bonds is 7. The number of hydrogen-bond donors (Lipinski definition) is 2. The molecule has 0 spiro atoms. The number of carbonyl (C=O) groups excluding carboxylic acids is 2. The summed E-state index contributed by atoms with van der Waals surface area (Å²) in [6.07, 6.45) is 1.39. The molecule has 0 saturated heterocycles. The van der Waals surface area contributed by atoms with Crippen molar-refractivity contribution in [2.24, 2.45) is 5.10 Å². The average Bonchev–Trinajstić information content (AvgIpc) is 3.43. The fourth-order valence-corrected chi connectivity index (χ4v) is 6.78. The van der Waals surface area contributed by atoms with Gasteiger partial charge in [-0.05, 0) is 57.7 Å². The maximum absolute atomic E-state index is 13.7. The van der Waals surface area contributed by atoms with Gasteiger partial charge in [0, 0.05) is 42.0 Å². The number of methoxy groups -OCH3 is 1. The quantitative estimate of drug-likeness (QED) is 0.0733. The number of hydrazone groups is 1. The van der Waals surface area contributed by atoms with Gasteiger partial charge in [0.1, 0.15) is 17.0 Å². The smallest absolute Gasteiger partial charge is 0.347 e. The van der Waals surface area contributed by atoms with Gasteiger partial charge in [-0.15, -0.1) is 0 Å². The van der Waals surface area contributed by atoms with Crippen LogP contribution in [0.5, 0.6) is 11.5 Å². The number of hydrogen-bond acceptors (Lipinski definition) is 5. The van der Waals surface area contributed by atoms with Crippen LogP contribution in [0.15, 0.2) is 105 Å². The van der Waals surface area contributed by atoms with E-state index in [-0.39, 0.29) is 11.3 Å². The monoisotopic (exact) mass is 763 g/mol. The third-order valence-corrected chi connectivity index (χ3v) is 8.66. The molecule has 6 rings (SSSR count). The van der Waals surface area contributed by atoms with E-state index in [2.05, 4.69) is 47.4 Å². The van der Waals surface area contributed by atoms with Crippen LogP contribution in [0.1, 0.15) is 26.4 Å². The van der Waals surface area contributed by atoms with Gasteiger partial charge in [0.25, 0.3) is 5.91 Å². The van der Waals surface area contributed by atoms with Crippen molar-refractivity contribution in [1.82, 2.24) is 10.4 Å². The van der Waals surface area contributed by atoms with E-state index in [1.54, 1.807) is 30.3 Å². The molecule has 11 heteroatoms. The number of ether oxygens (including phenoxy) is 2. The second-order valence-corrected chi connectivity index (χ2v) is 12.4. The van der Waals surface area contributed by atoms with Crippen molar-refractivity contribution in [2.45, 2.75) is 0 Å². The number of esters is 1. The van der Waals surface area contributed by atoms with Crippen LogP contribution in [0.25, 0.3) is 32.8 Å². The van der Waals surface area contributed by atoms with E-state index in [4.69, 9.17) is 32.7 Å². The molecule has 0 aliphatic carbocycles. The zero-order valence-electron chi connectivity index (χ0n) is 23.3. The molecule has 224 valence electrons. The fraction of sp³-hybridized carbons (Fsp3) is 0.0294. The van der Waals surface area contributed by atoms with E-state index >= 15 is 0 Å². The SMILES string of the molecule is COc1ccc(Cl)cc1C(=O)Oc1c(Br)cc(Br)cc1C=NNC(=O)c1[nH]c2c(ccc3ccccc32)c1-c1ccccc1Cl. The standard InChI is InChI=1S/C34H21Br2Cl2N3O4/c1-44-28-13-11-21(37)16-25(28)34(43)45-32-19(14-20(35)15-26(32)36)17-39-41-33(42)31-29(23-8-4-5-9-27(23)38)24-12-10-18-6-2-3-7-22(18)30(24)40-31/h2-17,40H,1H3,(H,41,42). The van der Waals surface area contributed by atoms with Crippen molar-refractivity contribution < 1.29 is 19.1 Å². The minimum Gasteiger partial charge on any atom is -0.496 e. The van der Waals surface area contributed by atoms with Crippen molar-refractivity contribution in [1.29, 1.82) is 0 Å². The van der Waals surface area contributed by atoms with Gasteiger partial charge in [0.05, 0.1) is 23.3 Å². The van der Waals surface area contributed by atoms with Crippen molar-refractivity contribution in [3.05, 3.63) is 127 Å². The normalized spacial score (nSPS) is 11.3. The summed E-state index contributed by atoms with van der Waals surface area (Å²) in [4.78, 5) is 30.2. The molecule has 0 radical (unpaired) electrons. The molecule has 1 heterocycles. The maximum Gasteiger partial charge on any atom is 0.347 e. The molecule has 1 aromatic heterocycles. The van der Waals surface area contributed by atoms with Crippen LogP contribution >= 0.6 is 55.1 Å². The molecule has 0 unspecified atom stereocenters. The average molecular weight is 766 g/mol. The predicted octanol–water partition coefficient (Wildman–Crippen LogP) is 9.81. The van der Waals surface area contributed by atoms with Crippen LogP contribution < -0.4 is 14.9 Å². The Morgan fingerprint density at radius 2 is 1.69 bits per heavy atom. The molecular formula is C34H21Br2Cl2N3O4. The summed E-state index contributed by atoms with van der Waals surface area (Å²) in [5.41, 5.74) is 5.62. The van der Waals surface area contributed by atoms with Crippen LogP contribution in [-0.2, 0) is 0 Å². The molecule has 1 amide bonds. The molecule has 2 N–H and O–H groups in total. The molecule has 0 bridgehead atoms. The Morgan fingerprint density at radius 1 is 0.911 bits per heavy atom. The van der Waals surface area contributed by atoms with E-state index < -0.39 is 11.9 Å². The molecule has 0 aliphatic rings. The Kier molecular flexibility index (Phi) is 8.96. The van der Waals surface area contributed by atoms with Crippen molar-refractivity contribution in [2.75, 3.05) is 7.11 Å². The van der Waals surface area contributed by atoms with Gasteiger partial charge < -0.3 is 14.5 Å². The number of nitrogens with one attached hydrogen (secondary N) is 2. The van der Waals surface area contributed by atoms with Gasteiger partial charge in [-0.3, -0.25) is 4.79 Å². The first-order valence-electron chi connectivity index (χ1n) is 13.4. The first-order chi connectivity index (χ1) is 21.7. The number of carbonyl (C=O) groups is 2. The lowest BCUT2D eigenvalue weighted by atomic mass is 9.99. The van der Waals surface area contributed by atoms with Gasteiger partial charge in [-0.2, -0.15) is 5.10 Å². The van der Waals surface area contributed by atoms with Gasteiger partial charge in [0.15, 0.2) is 5.75 Å². The number of halogens is 4. The summed E-state index contributed by atoms with van der Waals surface area (Å²) in [7, 11) is 1.45. The Balaban J connectivity index is 1.35. The van der Waals surface area contributed by atoms with E-state index in [0.717, 1.165) is 21.7 Å².